The normalized spacial score (nSPS) is 16.5. The standard InChI is InChI=1S/C10H13BrN4O3/c11-10-5-9(15(17)18)8(6-14(10)16)13-7-1-3-12-4-2-7/h5-7,12-13H,1-4H2. The van der Waals surface area contributed by atoms with Gasteiger partial charge in [-0.25, -0.2) is 0 Å². The Labute approximate surface area is 112 Å². The Kier molecular flexibility index (Phi) is 3.97. The van der Waals surface area contributed by atoms with Crippen molar-refractivity contribution in [2.45, 2.75) is 18.9 Å². The first-order valence-electron chi connectivity index (χ1n) is 5.62. The van der Waals surface area contributed by atoms with Crippen molar-refractivity contribution in [3.8, 4) is 0 Å². The molecule has 0 bridgehead atoms. The highest BCUT2D eigenvalue weighted by atomic mass is 79.9. The Morgan fingerprint density at radius 1 is 1.50 bits per heavy atom. The lowest BCUT2D eigenvalue weighted by atomic mass is 10.1. The molecule has 8 heteroatoms. The van der Waals surface area contributed by atoms with Gasteiger partial charge in [-0.15, -0.1) is 0 Å². The van der Waals surface area contributed by atoms with Gasteiger partial charge in [-0.1, -0.05) is 0 Å². The Morgan fingerprint density at radius 3 is 2.78 bits per heavy atom. The monoisotopic (exact) mass is 316 g/mol. The molecule has 1 aliphatic heterocycles. The molecule has 7 nitrogen and oxygen atoms in total. The van der Waals surface area contributed by atoms with Crippen LogP contribution in [0.2, 0.25) is 0 Å². The molecule has 0 unspecified atom stereocenters. The van der Waals surface area contributed by atoms with Gasteiger partial charge in [-0.2, -0.15) is 4.73 Å². The van der Waals surface area contributed by atoms with E-state index in [2.05, 4.69) is 26.6 Å². The van der Waals surface area contributed by atoms with Gasteiger partial charge in [0.15, 0.2) is 5.69 Å². The number of anilines is 1. The second kappa shape index (κ2) is 5.49. The average molecular weight is 317 g/mol. The molecule has 0 saturated carbocycles. The Balaban J connectivity index is 2.24. The van der Waals surface area contributed by atoms with E-state index in [9.17, 15) is 15.3 Å². The summed E-state index contributed by atoms with van der Waals surface area (Å²) in [7, 11) is 0. The number of nitrogens with one attached hydrogen (secondary N) is 2. The van der Waals surface area contributed by atoms with Crippen molar-refractivity contribution >= 4 is 27.3 Å². The van der Waals surface area contributed by atoms with Gasteiger partial charge in [-0.05, 0) is 25.9 Å². The number of hydrogen-bond acceptors (Lipinski definition) is 5. The number of nitrogens with zero attached hydrogens (tertiary/aromatic N) is 2. The van der Waals surface area contributed by atoms with Crippen LogP contribution in [0.15, 0.2) is 16.9 Å². The molecule has 1 aromatic heterocycles. The van der Waals surface area contributed by atoms with Gasteiger partial charge >= 0.3 is 5.69 Å². The van der Waals surface area contributed by atoms with E-state index >= 15 is 0 Å². The maximum atomic E-state index is 11.5. The minimum Gasteiger partial charge on any atom is -0.618 e. The number of rotatable bonds is 3. The molecule has 1 saturated heterocycles. The van der Waals surface area contributed by atoms with Crippen LogP contribution >= 0.6 is 15.9 Å². The molecule has 18 heavy (non-hydrogen) atoms. The highest BCUT2D eigenvalue weighted by Crippen LogP contribution is 2.26. The van der Waals surface area contributed by atoms with Crippen molar-refractivity contribution in [3.63, 3.8) is 0 Å². The van der Waals surface area contributed by atoms with E-state index in [1.165, 1.54) is 12.3 Å². The molecule has 1 aromatic rings. The van der Waals surface area contributed by atoms with Crippen LogP contribution in [0, 0.1) is 15.3 Å². The fourth-order valence-electron chi connectivity index (χ4n) is 1.95. The highest BCUT2D eigenvalue weighted by Gasteiger charge is 2.23. The van der Waals surface area contributed by atoms with Gasteiger partial charge in [0, 0.05) is 22.0 Å². The van der Waals surface area contributed by atoms with E-state index in [1.54, 1.807) is 0 Å². The summed E-state index contributed by atoms with van der Waals surface area (Å²) in [5.41, 5.74) is 0.178. The van der Waals surface area contributed by atoms with Crippen molar-refractivity contribution in [1.82, 2.24) is 5.32 Å². The molecule has 0 spiro atoms. The summed E-state index contributed by atoms with van der Waals surface area (Å²) in [6.45, 7) is 1.75. The van der Waals surface area contributed by atoms with E-state index < -0.39 is 4.92 Å². The van der Waals surface area contributed by atoms with Crippen LogP contribution in [0.25, 0.3) is 0 Å². The predicted octanol–water partition coefficient (Wildman–Crippen LogP) is 1.15. The minimum atomic E-state index is -0.492. The molecule has 2 N–H and O–H groups in total. The molecule has 0 amide bonds. The first-order chi connectivity index (χ1) is 8.58. The Bertz CT molecular complexity index is 463. The van der Waals surface area contributed by atoms with Gasteiger partial charge < -0.3 is 15.8 Å². The van der Waals surface area contributed by atoms with E-state index in [0.29, 0.717) is 4.73 Å². The van der Waals surface area contributed by atoms with Crippen LogP contribution in [0.1, 0.15) is 12.8 Å². The molecule has 0 aliphatic carbocycles. The summed E-state index contributed by atoms with van der Waals surface area (Å²) < 4.78 is 0.696. The third-order valence-corrected chi connectivity index (χ3v) is 3.46. The van der Waals surface area contributed by atoms with Crippen LogP contribution in [0.5, 0.6) is 0 Å². The van der Waals surface area contributed by atoms with E-state index in [-0.39, 0.29) is 22.0 Å². The van der Waals surface area contributed by atoms with E-state index in [1.807, 2.05) is 0 Å². The van der Waals surface area contributed by atoms with Crippen LogP contribution in [0.4, 0.5) is 11.4 Å². The van der Waals surface area contributed by atoms with Crippen LogP contribution in [0.3, 0.4) is 0 Å². The lowest BCUT2D eigenvalue weighted by Gasteiger charge is -2.24. The van der Waals surface area contributed by atoms with Crippen LogP contribution in [-0.2, 0) is 0 Å². The first kappa shape index (κ1) is 13.0. The van der Waals surface area contributed by atoms with Crippen molar-refractivity contribution in [2.24, 2.45) is 0 Å². The fourth-order valence-corrected chi connectivity index (χ4v) is 2.27. The first-order valence-corrected chi connectivity index (χ1v) is 6.41. The smallest absolute Gasteiger partial charge is 0.305 e. The molecule has 1 aliphatic rings. The molecule has 0 radical (unpaired) electrons. The molecule has 2 heterocycles. The topological polar surface area (TPSA) is 94.1 Å². The summed E-state index contributed by atoms with van der Waals surface area (Å²) in [4.78, 5) is 10.5. The molecular weight excluding hydrogens is 304 g/mol. The van der Waals surface area contributed by atoms with Gasteiger partial charge in [0.1, 0.15) is 0 Å². The van der Waals surface area contributed by atoms with Gasteiger partial charge in [0.05, 0.1) is 11.0 Å². The lowest BCUT2D eigenvalue weighted by molar-refractivity contribution is -0.617. The third kappa shape index (κ3) is 2.88. The molecule has 1 fully saturated rings. The van der Waals surface area contributed by atoms with Crippen LogP contribution < -0.4 is 15.4 Å². The second-order valence-electron chi connectivity index (χ2n) is 4.15. The van der Waals surface area contributed by atoms with E-state index in [4.69, 9.17) is 0 Å². The third-order valence-electron chi connectivity index (χ3n) is 2.88. The number of pyridine rings is 1. The van der Waals surface area contributed by atoms with Gasteiger partial charge in [0.25, 0.3) is 4.60 Å². The van der Waals surface area contributed by atoms with Gasteiger partial charge in [0.2, 0.25) is 6.20 Å². The van der Waals surface area contributed by atoms with E-state index in [0.717, 1.165) is 25.9 Å². The number of halogens is 1. The lowest BCUT2D eigenvalue weighted by Crippen LogP contribution is -2.36. The fraction of sp³-hybridized carbons (Fsp3) is 0.500. The van der Waals surface area contributed by atoms with Crippen molar-refractivity contribution in [3.05, 3.63) is 32.2 Å². The number of hydrogen-bond donors (Lipinski definition) is 2. The SMILES string of the molecule is O=[N+]([O-])c1cc(Br)[n+]([O-])cc1NC1CCNCC1. The molecule has 98 valence electrons. The van der Waals surface area contributed by atoms with Crippen molar-refractivity contribution in [2.75, 3.05) is 18.4 Å². The number of aromatic nitrogens is 1. The maximum Gasteiger partial charge on any atom is 0.305 e. The highest BCUT2D eigenvalue weighted by molar-refractivity contribution is 9.10. The van der Waals surface area contributed by atoms with Crippen LogP contribution in [-0.4, -0.2) is 24.1 Å². The quantitative estimate of drug-likeness (QED) is 0.287. The molecule has 0 aromatic carbocycles. The second-order valence-corrected chi connectivity index (χ2v) is 4.96. The Morgan fingerprint density at radius 2 is 2.17 bits per heavy atom. The average Bonchev–Trinajstić information content (AvgIpc) is 2.34. The zero-order chi connectivity index (χ0) is 13.1. The number of nitro groups is 1. The van der Waals surface area contributed by atoms with Crippen molar-refractivity contribution in [1.29, 1.82) is 0 Å². The minimum absolute atomic E-state index is 0.0903. The Hall–Kier alpha value is -1.41. The summed E-state index contributed by atoms with van der Waals surface area (Å²) in [5, 5.41) is 28.7. The largest absolute Gasteiger partial charge is 0.618 e. The maximum absolute atomic E-state index is 11.5. The van der Waals surface area contributed by atoms with Gasteiger partial charge in [-0.3, -0.25) is 10.1 Å². The van der Waals surface area contributed by atoms with Crippen molar-refractivity contribution < 1.29 is 9.65 Å². The zero-order valence-electron chi connectivity index (χ0n) is 9.56. The summed E-state index contributed by atoms with van der Waals surface area (Å²) >= 11 is 2.98. The summed E-state index contributed by atoms with van der Waals surface area (Å²) in [5.74, 6) is 0. The molecule has 2 rings (SSSR count). The molecule has 0 atom stereocenters. The summed E-state index contributed by atoms with van der Waals surface area (Å²) in [6.07, 6.45) is 2.96. The number of piperidine rings is 1. The summed E-state index contributed by atoms with van der Waals surface area (Å²) in [6, 6.07) is 1.38. The predicted molar refractivity (Wildman–Crippen MR) is 69.3 cm³/mol. The zero-order valence-corrected chi connectivity index (χ0v) is 11.1. The molecular formula is C10H13BrN4O3.